The van der Waals surface area contributed by atoms with Crippen LogP contribution in [0, 0.1) is 5.41 Å². The molecule has 0 aliphatic carbocycles. The first kappa shape index (κ1) is 19.3. The van der Waals surface area contributed by atoms with Crippen LogP contribution in [0.15, 0.2) is 73.2 Å². The number of carbonyl (C=O) groups is 1. The third-order valence-corrected chi connectivity index (χ3v) is 5.77. The average molecular weight is 386 g/mol. The van der Waals surface area contributed by atoms with Gasteiger partial charge in [-0.15, -0.1) is 0 Å². The fraction of sp³-hybridized carbons (Fsp3) is 0.292. The zero-order valence-electron chi connectivity index (χ0n) is 16.5. The molecule has 29 heavy (non-hydrogen) atoms. The fourth-order valence-electron chi connectivity index (χ4n) is 4.31. The van der Waals surface area contributed by atoms with Crippen LogP contribution in [0.25, 0.3) is 11.1 Å². The maximum Gasteiger partial charge on any atom is 0.225 e. The van der Waals surface area contributed by atoms with Crippen LogP contribution in [0.3, 0.4) is 0 Å². The van der Waals surface area contributed by atoms with Gasteiger partial charge in [0.05, 0.1) is 11.1 Å². The number of piperidine rings is 1. The van der Waals surface area contributed by atoms with Crippen LogP contribution in [-0.4, -0.2) is 33.9 Å². The van der Waals surface area contributed by atoms with Crippen LogP contribution in [-0.2, 0) is 17.8 Å². The van der Waals surface area contributed by atoms with Gasteiger partial charge in [0.2, 0.25) is 5.91 Å². The van der Waals surface area contributed by atoms with Crippen molar-refractivity contribution >= 4 is 5.91 Å². The van der Waals surface area contributed by atoms with Crippen molar-refractivity contribution in [1.82, 2.24) is 14.9 Å². The van der Waals surface area contributed by atoms with Crippen molar-refractivity contribution in [2.45, 2.75) is 25.8 Å². The Hall–Kier alpha value is -3.05. The number of rotatable bonds is 6. The van der Waals surface area contributed by atoms with Crippen molar-refractivity contribution in [3.05, 3.63) is 84.4 Å². The van der Waals surface area contributed by atoms with E-state index in [0.717, 1.165) is 48.3 Å². The Balaban J connectivity index is 1.55. The molecule has 4 rings (SSSR count). The second-order valence-electron chi connectivity index (χ2n) is 7.89. The van der Waals surface area contributed by atoms with Gasteiger partial charge in [-0.25, -0.2) is 0 Å². The smallest absolute Gasteiger partial charge is 0.225 e. The van der Waals surface area contributed by atoms with E-state index in [4.69, 9.17) is 5.73 Å². The van der Waals surface area contributed by atoms with E-state index in [0.29, 0.717) is 13.0 Å². The van der Waals surface area contributed by atoms with Crippen molar-refractivity contribution in [3.8, 4) is 11.1 Å². The third-order valence-electron chi connectivity index (χ3n) is 5.77. The average Bonchev–Trinajstić information content (AvgIpc) is 2.75. The van der Waals surface area contributed by atoms with Gasteiger partial charge in [-0.05, 0) is 66.8 Å². The van der Waals surface area contributed by atoms with Crippen LogP contribution >= 0.6 is 0 Å². The molecule has 3 aromatic rings. The van der Waals surface area contributed by atoms with Gasteiger partial charge in [0.1, 0.15) is 0 Å². The molecule has 1 aliphatic heterocycles. The number of pyridine rings is 2. The first-order chi connectivity index (χ1) is 14.1. The van der Waals surface area contributed by atoms with Gasteiger partial charge < -0.3 is 5.73 Å². The number of aromatic nitrogens is 2. The standard InChI is InChI=1S/C24H26N4O/c25-23(29)24(10-4-14-28(18-24)17-22-7-1-2-11-27-22)16-19-5-3-6-21(15-19)20-8-12-26-13-9-20/h1-3,5-9,11-13,15H,4,10,14,16-18H2,(H2,25,29)/t24-/m0/s1. The van der Waals surface area contributed by atoms with Gasteiger partial charge in [-0.2, -0.15) is 0 Å². The Morgan fingerprint density at radius 3 is 2.66 bits per heavy atom. The summed E-state index contributed by atoms with van der Waals surface area (Å²) in [6.45, 7) is 2.37. The summed E-state index contributed by atoms with van der Waals surface area (Å²) in [7, 11) is 0. The number of nitrogens with two attached hydrogens (primary N) is 1. The molecule has 2 N–H and O–H groups in total. The lowest BCUT2D eigenvalue weighted by molar-refractivity contribution is -0.131. The minimum absolute atomic E-state index is 0.211. The van der Waals surface area contributed by atoms with Gasteiger partial charge in [-0.1, -0.05) is 30.3 Å². The Morgan fingerprint density at radius 1 is 1.03 bits per heavy atom. The largest absolute Gasteiger partial charge is 0.369 e. The SMILES string of the molecule is NC(=O)[C@]1(Cc2cccc(-c3ccncc3)c2)CCCN(Cc2ccccn2)C1. The summed E-state index contributed by atoms with van der Waals surface area (Å²) >= 11 is 0. The Kier molecular flexibility index (Phi) is 5.67. The number of hydrogen-bond acceptors (Lipinski definition) is 4. The topological polar surface area (TPSA) is 72.1 Å². The molecule has 148 valence electrons. The summed E-state index contributed by atoms with van der Waals surface area (Å²) in [6.07, 6.45) is 7.83. The van der Waals surface area contributed by atoms with E-state index >= 15 is 0 Å². The molecular weight excluding hydrogens is 360 g/mol. The Bertz CT molecular complexity index is 961. The number of nitrogens with zero attached hydrogens (tertiary/aromatic N) is 3. The summed E-state index contributed by atoms with van der Waals surface area (Å²) in [4.78, 5) is 23.4. The maximum atomic E-state index is 12.6. The monoisotopic (exact) mass is 386 g/mol. The molecule has 0 radical (unpaired) electrons. The van der Waals surface area contributed by atoms with Gasteiger partial charge in [0, 0.05) is 31.7 Å². The molecule has 1 atom stereocenters. The van der Waals surface area contributed by atoms with Crippen molar-refractivity contribution in [2.24, 2.45) is 11.1 Å². The molecular formula is C24H26N4O. The Morgan fingerprint density at radius 2 is 1.90 bits per heavy atom. The summed E-state index contributed by atoms with van der Waals surface area (Å²) < 4.78 is 0. The third kappa shape index (κ3) is 4.51. The summed E-state index contributed by atoms with van der Waals surface area (Å²) in [5.41, 5.74) is 9.82. The lowest BCUT2D eigenvalue weighted by Crippen LogP contribution is -2.51. The highest BCUT2D eigenvalue weighted by Crippen LogP contribution is 2.35. The van der Waals surface area contributed by atoms with E-state index in [1.165, 1.54) is 0 Å². The molecule has 1 aliphatic rings. The highest BCUT2D eigenvalue weighted by molar-refractivity contribution is 5.81. The van der Waals surface area contributed by atoms with Crippen molar-refractivity contribution in [3.63, 3.8) is 0 Å². The fourth-order valence-corrected chi connectivity index (χ4v) is 4.31. The van der Waals surface area contributed by atoms with Crippen molar-refractivity contribution < 1.29 is 4.79 Å². The van der Waals surface area contributed by atoms with E-state index in [9.17, 15) is 4.79 Å². The van der Waals surface area contributed by atoms with Gasteiger partial charge in [-0.3, -0.25) is 19.7 Å². The summed E-state index contributed by atoms with van der Waals surface area (Å²) in [5.74, 6) is -0.211. The number of primary amides is 1. The summed E-state index contributed by atoms with van der Waals surface area (Å²) in [6, 6.07) is 18.3. The molecule has 5 nitrogen and oxygen atoms in total. The van der Waals surface area contributed by atoms with Crippen LogP contribution in [0.1, 0.15) is 24.1 Å². The normalized spacial score (nSPS) is 19.7. The predicted octanol–water partition coefficient (Wildman–Crippen LogP) is 3.45. The first-order valence-corrected chi connectivity index (χ1v) is 10.1. The molecule has 0 saturated carbocycles. The second kappa shape index (κ2) is 8.53. The predicted molar refractivity (Wildman–Crippen MR) is 114 cm³/mol. The number of carbonyl (C=O) groups excluding carboxylic acids is 1. The van der Waals surface area contributed by atoms with E-state index in [1.807, 2.05) is 42.6 Å². The molecule has 3 heterocycles. The number of likely N-dealkylation sites (tertiary alicyclic amines) is 1. The van der Waals surface area contributed by atoms with E-state index < -0.39 is 5.41 Å². The summed E-state index contributed by atoms with van der Waals surface area (Å²) in [5, 5.41) is 0. The van der Waals surface area contributed by atoms with Gasteiger partial charge >= 0.3 is 0 Å². The molecule has 0 unspecified atom stereocenters. The highest BCUT2D eigenvalue weighted by Gasteiger charge is 2.40. The second-order valence-corrected chi connectivity index (χ2v) is 7.89. The molecule has 0 bridgehead atoms. The lowest BCUT2D eigenvalue weighted by Gasteiger charge is -2.41. The van der Waals surface area contributed by atoms with E-state index in [2.05, 4.69) is 33.1 Å². The molecule has 0 spiro atoms. The molecule has 1 fully saturated rings. The highest BCUT2D eigenvalue weighted by atomic mass is 16.1. The van der Waals surface area contributed by atoms with Crippen LogP contribution in [0.5, 0.6) is 0 Å². The zero-order chi connectivity index (χ0) is 20.1. The molecule has 1 saturated heterocycles. The maximum absolute atomic E-state index is 12.6. The molecule has 5 heteroatoms. The van der Waals surface area contributed by atoms with Crippen molar-refractivity contribution in [1.29, 1.82) is 0 Å². The first-order valence-electron chi connectivity index (χ1n) is 10.1. The van der Waals surface area contributed by atoms with E-state index in [1.54, 1.807) is 12.4 Å². The van der Waals surface area contributed by atoms with Crippen LogP contribution in [0.4, 0.5) is 0 Å². The van der Waals surface area contributed by atoms with Crippen LogP contribution < -0.4 is 5.73 Å². The lowest BCUT2D eigenvalue weighted by atomic mass is 9.74. The molecule has 1 aromatic carbocycles. The molecule has 1 amide bonds. The van der Waals surface area contributed by atoms with E-state index in [-0.39, 0.29) is 5.91 Å². The zero-order valence-corrected chi connectivity index (χ0v) is 16.5. The number of amides is 1. The minimum Gasteiger partial charge on any atom is -0.369 e. The minimum atomic E-state index is -0.552. The molecule has 2 aromatic heterocycles. The van der Waals surface area contributed by atoms with Crippen molar-refractivity contribution in [2.75, 3.05) is 13.1 Å². The number of benzene rings is 1. The van der Waals surface area contributed by atoms with Gasteiger partial charge in [0.15, 0.2) is 0 Å². The van der Waals surface area contributed by atoms with Crippen LogP contribution in [0.2, 0.25) is 0 Å². The quantitative estimate of drug-likeness (QED) is 0.704. The Labute approximate surface area is 171 Å². The number of hydrogen-bond donors (Lipinski definition) is 1. The van der Waals surface area contributed by atoms with Gasteiger partial charge in [0.25, 0.3) is 0 Å².